The van der Waals surface area contributed by atoms with Crippen LogP contribution in [0.1, 0.15) is 19.3 Å². The van der Waals surface area contributed by atoms with Crippen LogP contribution in [0.5, 0.6) is 0 Å². The maximum atomic E-state index is 11.0. The molecule has 0 spiro atoms. The van der Waals surface area contributed by atoms with Gasteiger partial charge < -0.3 is 5.32 Å². The minimum Gasteiger partial charge on any atom is -0.352 e. The van der Waals surface area contributed by atoms with Crippen LogP contribution in [0.3, 0.4) is 0 Å². The molecule has 2 aliphatic carbocycles. The highest BCUT2D eigenvalue weighted by atomic mass is 16.2. The van der Waals surface area contributed by atoms with E-state index in [1.807, 2.05) is 0 Å². The molecular formula is C8H11NO. The number of nitrogens with one attached hydrogen (secondary N) is 1. The molecule has 10 heavy (non-hydrogen) atoms. The van der Waals surface area contributed by atoms with Crippen LogP contribution in [0.4, 0.5) is 0 Å². The van der Waals surface area contributed by atoms with E-state index in [0.717, 1.165) is 11.8 Å². The van der Waals surface area contributed by atoms with Gasteiger partial charge in [-0.25, -0.2) is 0 Å². The van der Waals surface area contributed by atoms with E-state index in [2.05, 4.69) is 5.32 Å². The first-order chi connectivity index (χ1) is 4.86. The average molecular weight is 137 g/mol. The minimum atomic E-state index is 0.331. The summed E-state index contributed by atoms with van der Waals surface area (Å²) < 4.78 is 0. The van der Waals surface area contributed by atoms with Gasteiger partial charge in [0.25, 0.3) is 0 Å². The summed E-state index contributed by atoms with van der Waals surface area (Å²) in [5.74, 6) is 2.40. The van der Waals surface area contributed by atoms with E-state index >= 15 is 0 Å². The van der Waals surface area contributed by atoms with Crippen LogP contribution in [0.2, 0.25) is 0 Å². The zero-order valence-electron chi connectivity index (χ0n) is 5.84. The molecule has 1 amide bonds. The zero-order chi connectivity index (χ0) is 6.72. The first kappa shape index (κ1) is 5.16. The molecule has 1 heterocycles. The Morgan fingerprint density at radius 1 is 1.30 bits per heavy atom. The molecule has 0 aromatic carbocycles. The average Bonchev–Trinajstić information content (AvgIpc) is 2.40. The molecule has 0 radical (unpaired) electrons. The van der Waals surface area contributed by atoms with E-state index in [9.17, 15) is 4.79 Å². The number of amides is 1. The molecule has 2 saturated carbocycles. The van der Waals surface area contributed by atoms with Gasteiger partial charge in [0, 0.05) is 6.04 Å². The largest absolute Gasteiger partial charge is 0.352 e. The number of rotatable bonds is 0. The molecular weight excluding hydrogens is 126 g/mol. The molecule has 0 aromatic heterocycles. The van der Waals surface area contributed by atoms with E-state index in [1.165, 1.54) is 19.3 Å². The Morgan fingerprint density at radius 3 is 2.70 bits per heavy atom. The van der Waals surface area contributed by atoms with Crippen LogP contribution in [-0.2, 0) is 4.79 Å². The standard InChI is InChI=1S/C8H11NO/c10-8-6-4-1-2-5(3-4)7(6)9-8/h4-7H,1-3H2,(H,9,10)/t4-,5-,6+,7-/m1/s1. The predicted molar refractivity (Wildman–Crippen MR) is 36.3 cm³/mol. The van der Waals surface area contributed by atoms with Crippen molar-refractivity contribution in [1.29, 1.82) is 0 Å². The second-order valence-electron chi connectivity index (χ2n) is 3.89. The van der Waals surface area contributed by atoms with E-state index < -0.39 is 0 Å². The molecule has 0 aromatic rings. The van der Waals surface area contributed by atoms with Crippen LogP contribution in [0, 0.1) is 17.8 Å². The third-order valence-electron chi connectivity index (χ3n) is 3.53. The van der Waals surface area contributed by atoms with E-state index in [1.54, 1.807) is 0 Å². The fourth-order valence-electron chi connectivity index (χ4n) is 3.04. The third-order valence-corrected chi connectivity index (χ3v) is 3.53. The highest BCUT2D eigenvalue weighted by Crippen LogP contribution is 2.51. The summed E-state index contributed by atoms with van der Waals surface area (Å²) in [6, 6.07) is 0.603. The Kier molecular flexibility index (Phi) is 0.715. The summed E-state index contributed by atoms with van der Waals surface area (Å²) >= 11 is 0. The molecule has 54 valence electrons. The molecule has 3 fully saturated rings. The normalized spacial score (nSPS) is 55.8. The second-order valence-corrected chi connectivity index (χ2v) is 3.89. The highest BCUT2D eigenvalue weighted by Gasteiger charge is 2.57. The monoisotopic (exact) mass is 137 g/mol. The lowest BCUT2D eigenvalue weighted by molar-refractivity contribution is -0.137. The summed E-state index contributed by atoms with van der Waals surface area (Å²) in [5.41, 5.74) is 0. The Hall–Kier alpha value is -0.530. The summed E-state index contributed by atoms with van der Waals surface area (Å²) in [6.45, 7) is 0. The van der Waals surface area contributed by atoms with Crippen LogP contribution in [-0.4, -0.2) is 11.9 Å². The molecule has 1 aliphatic heterocycles. The molecule has 4 atom stereocenters. The molecule has 2 bridgehead atoms. The van der Waals surface area contributed by atoms with E-state index in [-0.39, 0.29) is 0 Å². The molecule has 0 unspecified atom stereocenters. The topological polar surface area (TPSA) is 29.1 Å². The highest BCUT2D eigenvalue weighted by molar-refractivity contribution is 5.87. The lowest BCUT2D eigenvalue weighted by Crippen LogP contribution is -2.60. The van der Waals surface area contributed by atoms with Gasteiger partial charge in [-0.3, -0.25) is 4.79 Å². The van der Waals surface area contributed by atoms with Crippen LogP contribution < -0.4 is 5.32 Å². The van der Waals surface area contributed by atoms with Gasteiger partial charge in [0.2, 0.25) is 5.91 Å². The van der Waals surface area contributed by atoms with Crippen molar-refractivity contribution in [3.8, 4) is 0 Å². The van der Waals surface area contributed by atoms with E-state index in [4.69, 9.17) is 0 Å². The van der Waals surface area contributed by atoms with Gasteiger partial charge in [-0.15, -0.1) is 0 Å². The Labute approximate surface area is 60.0 Å². The molecule has 2 nitrogen and oxygen atoms in total. The second kappa shape index (κ2) is 1.39. The van der Waals surface area contributed by atoms with Gasteiger partial charge in [-0.2, -0.15) is 0 Å². The maximum absolute atomic E-state index is 11.0. The number of carbonyl (C=O) groups excluding carboxylic acids is 1. The maximum Gasteiger partial charge on any atom is 0.225 e. The fourth-order valence-corrected chi connectivity index (χ4v) is 3.04. The van der Waals surface area contributed by atoms with E-state index in [0.29, 0.717) is 17.9 Å². The van der Waals surface area contributed by atoms with Gasteiger partial charge >= 0.3 is 0 Å². The van der Waals surface area contributed by atoms with Crippen LogP contribution in [0.15, 0.2) is 0 Å². The molecule has 3 rings (SSSR count). The fraction of sp³-hybridized carbons (Fsp3) is 0.875. The van der Waals surface area contributed by atoms with Gasteiger partial charge in [-0.05, 0) is 31.1 Å². The third kappa shape index (κ3) is 0.386. The molecule has 2 heteroatoms. The number of β-lactam (4-membered cyclic amide) rings is 1. The van der Waals surface area contributed by atoms with Crippen molar-refractivity contribution in [2.75, 3.05) is 0 Å². The molecule has 1 N–H and O–H groups in total. The number of hydrogen-bond acceptors (Lipinski definition) is 1. The summed E-state index contributed by atoms with van der Waals surface area (Å²) in [5, 5.41) is 3.00. The van der Waals surface area contributed by atoms with Crippen molar-refractivity contribution in [3.63, 3.8) is 0 Å². The first-order valence-electron chi connectivity index (χ1n) is 4.16. The predicted octanol–water partition coefficient (Wildman–Crippen LogP) is 0.531. The lowest BCUT2D eigenvalue weighted by atomic mass is 9.78. The zero-order valence-corrected chi connectivity index (χ0v) is 5.84. The van der Waals surface area contributed by atoms with Crippen molar-refractivity contribution in [1.82, 2.24) is 5.32 Å². The Bertz CT molecular complexity index is 199. The van der Waals surface area contributed by atoms with Gasteiger partial charge in [-0.1, -0.05) is 0 Å². The van der Waals surface area contributed by atoms with Crippen molar-refractivity contribution in [3.05, 3.63) is 0 Å². The summed E-state index contributed by atoms with van der Waals surface area (Å²) in [4.78, 5) is 11.0. The Morgan fingerprint density at radius 2 is 2.10 bits per heavy atom. The van der Waals surface area contributed by atoms with Gasteiger partial charge in [0.15, 0.2) is 0 Å². The first-order valence-corrected chi connectivity index (χ1v) is 4.16. The van der Waals surface area contributed by atoms with Crippen LogP contribution >= 0.6 is 0 Å². The van der Waals surface area contributed by atoms with Crippen molar-refractivity contribution >= 4 is 5.91 Å². The van der Waals surface area contributed by atoms with Crippen molar-refractivity contribution in [2.45, 2.75) is 25.3 Å². The SMILES string of the molecule is O=C1N[C@@H]2[C@@H]3CC[C@H](C3)[C@H]12. The van der Waals surface area contributed by atoms with Crippen molar-refractivity contribution in [2.24, 2.45) is 17.8 Å². The Balaban J connectivity index is 1.95. The minimum absolute atomic E-state index is 0.331. The summed E-state index contributed by atoms with van der Waals surface area (Å²) in [6.07, 6.45) is 4.01. The molecule has 1 saturated heterocycles. The number of hydrogen-bond donors (Lipinski definition) is 1. The molecule has 3 aliphatic rings. The summed E-state index contributed by atoms with van der Waals surface area (Å²) in [7, 11) is 0. The van der Waals surface area contributed by atoms with Gasteiger partial charge in [0.05, 0.1) is 5.92 Å². The van der Waals surface area contributed by atoms with Crippen LogP contribution in [0.25, 0.3) is 0 Å². The smallest absolute Gasteiger partial charge is 0.225 e. The quantitative estimate of drug-likeness (QED) is 0.485. The number of fused-ring (bicyclic) bond motifs is 5. The lowest BCUT2D eigenvalue weighted by Gasteiger charge is -2.39. The number of carbonyl (C=O) groups is 1. The van der Waals surface area contributed by atoms with Gasteiger partial charge in [0.1, 0.15) is 0 Å². The van der Waals surface area contributed by atoms with Crippen molar-refractivity contribution < 1.29 is 4.79 Å².